The normalized spacial score (nSPS) is 29.5. The van der Waals surface area contributed by atoms with Gasteiger partial charge in [0.05, 0.1) is 7.11 Å². The molecule has 3 nitrogen and oxygen atoms in total. The van der Waals surface area contributed by atoms with Crippen LogP contribution in [0.25, 0.3) is 0 Å². The van der Waals surface area contributed by atoms with Crippen LogP contribution in [0.15, 0.2) is 40.9 Å². The lowest BCUT2D eigenvalue weighted by Crippen LogP contribution is -2.40. The minimum Gasteiger partial charge on any atom is -0.496 e. The number of hydrogen-bond acceptors (Lipinski definition) is 3. The molecule has 3 aliphatic rings. The smallest absolute Gasteiger partial charge is 0.134 e. The molecule has 0 radical (unpaired) electrons. The van der Waals surface area contributed by atoms with Crippen molar-refractivity contribution in [3.63, 3.8) is 0 Å². The van der Waals surface area contributed by atoms with Crippen LogP contribution >= 0.6 is 15.9 Å². The van der Waals surface area contributed by atoms with E-state index in [1.165, 1.54) is 36.8 Å². The molecule has 0 spiro atoms. The van der Waals surface area contributed by atoms with E-state index in [4.69, 9.17) is 9.47 Å². The molecule has 2 saturated heterocycles. The molecule has 3 aliphatic heterocycles. The molecule has 2 bridgehead atoms. The lowest BCUT2D eigenvalue weighted by molar-refractivity contribution is 0.262. The van der Waals surface area contributed by atoms with E-state index in [-0.39, 0.29) is 0 Å². The van der Waals surface area contributed by atoms with Crippen LogP contribution in [0.2, 0.25) is 0 Å². The second kappa shape index (κ2) is 6.03. The quantitative estimate of drug-likeness (QED) is 0.749. The number of rotatable bonds is 2. The summed E-state index contributed by atoms with van der Waals surface area (Å²) >= 11 is 3.59. The van der Waals surface area contributed by atoms with Crippen molar-refractivity contribution in [1.82, 2.24) is 5.32 Å². The SMILES string of the molecule is COc1cccc2c1C(C1CC3CCC(C1)N3)c1ccc(Br)cc1O2. The van der Waals surface area contributed by atoms with Crippen molar-refractivity contribution in [2.24, 2.45) is 5.92 Å². The van der Waals surface area contributed by atoms with Gasteiger partial charge in [-0.25, -0.2) is 0 Å². The summed E-state index contributed by atoms with van der Waals surface area (Å²) in [6, 6.07) is 13.9. The summed E-state index contributed by atoms with van der Waals surface area (Å²) in [6.07, 6.45) is 5.09. The Morgan fingerprint density at radius 1 is 1.08 bits per heavy atom. The summed E-state index contributed by atoms with van der Waals surface area (Å²) in [5.74, 6) is 3.83. The van der Waals surface area contributed by atoms with Gasteiger partial charge in [0.25, 0.3) is 0 Å². The molecule has 2 aromatic carbocycles. The lowest BCUT2D eigenvalue weighted by Gasteiger charge is -2.39. The number of hydrogen-bond donors (Lipinski definition) is 1. The zero-order valence-corrected chi connectivity index (χ0v) is 15.9. The second-order valence-electron chi connectivity index (χ2n) is 7.50. The molecule has 3 unspecified atom stereocenters. The minimum atomic E-state index is 0.341. The Morgan fingerprint density at radius 3 is 2.64 bits per heavy atom. The van der Waals surface area contributed by atoms with Crippen LogP contribution in [0.4, 0.5) is 0 Å². The van der Waals surface area contributed by atoms with Crippen LogP contribution in [0.5, 0.6) is 17.2 Å². The van der Waals surface area contributed by atoms with Crippen molar-refractivity contribution >= 4 is 15.9 Å². The predicted molar refractivity (Wildman–Crippen MR) is 102 cm³/mol. The first-order valence-corrected chi connectivity index (χ1v) is 9.92. The van der Waals surface area contributed by atoms with Gasteiger partial charge in [0.1, 0.15) is 17.2 Å². The molecule has 4 heteroatoms. The van der Waals surface area contributed by atoms with Gasteiger partial charge in [0.15, 0.2) is 0 Å². The molecular weight excluding hydrogens is 378 g/mol. The number of ether oxygens (including phenoxy) is 2. The van der Waals surface area contributed by atoms with E-state index in [1.54, 1.807) is 7.11 Å². The highest BCUT2D eigenvalue weighted by atomic mass is 79.9. The Kier molecular flexibility index (Phi) is 3.79. The maximum absolute atomic E-state index is 6.27. The van der Waals surface area contributed by atoms with Gasteiger partial charge in [-0.3, -0.25) is 0 Å². The Labute approximate surface area is 156 Å². The first-order valence-electron chi connectivity index (χ1n) is 9.13. The third-order valence-corrected chi connectivity index (χ3v) is 6.56. The summed E-state index contributed by atoms with van der Waals surface area (Å²) < 4.78 is 13.1. The van der Waals surface area contributed by atoms with E-state index < -0.39 is 0 Å². The monoisotopic (exact) mass is 399 g/mol. The van der Waals surface area contributed by atoms with Gasteiger partial charge in [-0.1, -0.05) is 28.1 Å². The van der Waals surface area contributed by atoms with Gasteiger partial charge in [0.2, 0.25) is 0 Å². The van der Waals surface area contributed by atoms with Crippen LogP contribution < -0.4 is 14.8 Å². The van der Waals surface area contributed by atoms with Gasteiger partial charge in [-0.2, -0.15) is 0 Å². The average Bonchev–Trinajstić information content (AvgIpc) is 2.96. The highest BCUT2D eigenvalue weighted by Gasteiger charge is 2.42. The first kappa shape index (κ1) is 15.7. The summed E-state index contributed by atoms with van der Waals surface area (Å²) in [5, 5.41) is 3.78. The topological polar surface area (TPSA) is 30.5 Å². The second-order valence-corrected chi connectivity index (χ2v) is 8.42. The van der Waals surface area contributed by atoms with Crippen molar-refractivity contribution in [3.05, 3.63) is 52.0 Å². The fraction of sp³-hybridized carbons (Fsp3) is 0.429. The molecule has 0 amide bonds. The number of methoxy groups -OCH3 is 1. The molecule has 1 N–H and O–H groups in total. The Hall–Kier alpha value is -1.52. The maximum Gasteiger partial charge on any atom is 0.134 e. The standard InChI is InChI=1S/C21H22BrNO2/c1-24-17-3-2-4-18-21(17)20(12-9-14-6-7-15(10-12)23-14)16-8-5-13(22)11-19(16)25-18/h2-5,8,11-12,14-15,20,23H,6-7,9-10H2,1H3. The van der Waals surface area contributed by atoms with Crippen molar-refractivity contribution < 1.29 is 9.47 Å². The van der Waals surface area contributed by atoms with Crippen LogP contribution in [0.1, 0.15) is 42.7 Å². The van der Waals surface area contributed by atoms with Crippen LogP contribution in [0, 0.1) is 5.92 Å². The van der Waals surface area contributed by atoms with Crippen LogP contribution in [-0.4, -0.2) is 19.2 Å². The Balaban J connectivity index is 1.66. The number of nitrogens with one attached hydrogen (secondary N) is 1. The van der Waals surface area contributed by atoms with E-state index in [0.717, 1.165) is 21.7 Å². The van der Waals surface area contributed by atoms with Gasteiger partial charge >= 0.3 is 0 Å². The molecule has 3 heterocycles. The molecule has 3 atom stereocenters. The van der Waals surface area contributed by atoms with Crippen LogP contribution in [-0.2, 0) is 0 Å². The summed E-state index contributed by atoms with van der Waals surface area (Å²) in [5.41, 5.74) is 2.53. The fourth-order valence-corrected chi connectivity index (χ4v) is 5.43. The first-order chi connectivity index (χ1) is 12.2. The van der Waals surface area contributed by atoms with Crippen LogP contribution in [0.3, 0.4) is 0 Å². The highest BCUT2D eigenvalue weighted by Crippen LogP contribution is 2.54. The molecule has 25 heavy (non-hydrogen) atoms. The van der Waals surface area contributed by atoms with Gasteiger partial charge < -0.3 is 14.8 Å². The lowest BCUT2D eigenvalue weighted by atomic mass is 9.73. The number of halogens is 1. The van der Waals surface area contributed by atoms with Gasteiger partial charge in [-0.15, -0.1) is 0 Å². The molecule has 2 aromatic rings. The molecule has 0 aromatic heterocycles. The van der Waals surface area contributed by atoms with Gasteiger partial charge in [0, 0.05) is 33.6 Å². The van der Waals surface area contributed by atoms with Crippen molar-refractivity contribution in [2.45, 2.75) is 43.7 Å². The Bertz CT molecular complexity index is 810. The minimum absolute atomic E-state index is 0.341. The van der Waals surface area contributed by atoms with E-state index in [2.05, 4.69) is 51.6 Å². The fourth-order valence-electron chi connectivity index (χ4n) is 5.09. The summed E-state index contributed by atoms with van der Waals surface area (Å²) in [7, 11) is 1.76. The Morgan fingerprint density at radius 2 is 1.88 bits per heavy atom. The molecule has 0 saturated carbocycles. The third kappa shape index (κ3) is 2.58. The third-order valence-electron chi connectivity index (χ3n) is 6.07. The summed E-state index contributed by atoms with van der Waals surface area (Å²) in [6.45, 7) is 0. The molecule has 0 aliphatic carbocycles. The number of fused-ring (bicyclic) bond motifs is 4. The molecule has 130 valence electrons. The van der Waals surface area contributed by atoms with Crippen molar-refractivity contribution in [3.8, 4) is 17.2 Å². The molecular formula is C21H22BrNO2. The maximum atomic E-state index is 6.27. The zero-order chi connectivity index (χ0) is 17.0. The van der Waals surface area contributed by atoms with E-state index in [0.29, 0.717) is 23.9 Å². The largest absolute Gasteiger partial charge is 0.496 e. The van der Waals surface area contributed by atoms with E-state index >= 15 is 0 Å². The number of benzene rings is 2. The molecule has 2 fully saturated rings. The van der Waals surface area contributed by atoms with Crippen molar-refractivity contribution in [1.29, 1.82) is 0 Å². The predicted octanol–water partition coefficient (Wildman–Crippen LogP) is 5.23. The number of piperidine rings is 1. The molecule has 5 rings (SSSR count). The van der Waals surface area contributed by atoms with E-state index in [9.17, 15) is 0 Å². The summed E-state index contributed by atoms with van der Waals surface area (Å²) in [4.78, 5) is 0. The van der Waals surface area contributed by atoms with Gasteiger partial charge in [-0.05, 0) is 55.9 Å². The average molecular weight is 400 g/mol. The van der Waals surface area contributed by atoms with Crippen molar-refractivity contribution in [2.75, 3.05) is 7.11 Å². The zero-order valence-electron chi connectivity index (χ0n) is 14.3. The highest BCUT2D eigenvalue weighted by molar-refractivity contribution is 9.10. The van der Waals surface area contributed by atoms with E-state index in [1.807, 2.05) is 6.07 Å².